The highest BCUT2D eigenvalue weighted by molar-refractivity contribution is 5.11. The van der Waals surface area contributed by atoms with Crippen LogP contribution >= 0.6 is 0 Å². The van der Waals surface area contributed by atoms with Crippen molar-refractivity contribution in [2.45, 2.75) is 73.1 Å². The van der Waals surface area contributed by atoms with Gasteiger partial charge in [-0.1, -0.05) is 52.7 Å². The summed E-state index contributed by atoms with van der Waals surface area (Å²) in [6.45, 7) is 10.3. The van der Waals surface area contributed by atoms with E-state index in [1.165, 1.54) is 37.1 Å². The van der Waals surface area contributed by atoms with Crippen molar-refractivity contribution in [3.63, 3.8) is 0 Å². The van der Waals surface area contributed by atoms with Gasteiger partial charge in [-0.15, -0.1) is 5.10 Å². The van der Waals surface area contributed by atoms with Crippen molar-refractivity contribution in [1.29, 1.82) is 0 Å². The fourth-order valence-corrected chi connectivity index (χ4v) is 2.37. The lowest BCUT2D eigenvalue weighted by Crippen LogP contribution is -2.09. The topological polar surface area (TPSA) is 30.7 Å². The van der Waals surface area contributed by atoms with E-state index in [2.05, 4.69) is 17.2 Å². The largest absolute Gasteiger partial charge is 0.252 e. The van der Waals surface area contributed by atoms with Crippen molar-refractivity contribution in [3.05, 3.63) is 11.4 Å². The van der Waals surface area contributed by atoms with E-state index in [0.29, 0.717) is 0 Å². The molecule has 1 aromatic heterocycles. The Balaban J connectivity index is 0.000000659. The van der Waals surface area contributed by atoms with E-state index < -0.39 is 0 Å². The molecule has 106 valence electrons. The standard InChI is InChI=1S/C11H19N3.2C2H6/c1-3-9-5-4-6-10-11(8-7-9)14(2)13-12-10;2*1-2/h9H,3-8H2,1-2H3;2*1-2H3. The molecule has 1 unspecified atom stereocenters. The Bertz CT molecular complexity index is 305. The van der Waals surface area contributed by atoms with Crippen molar-refractivity contribution < 1.29 is 0 Å². The molecule has 1 heterocycles. The zero-order valence-electron chi connectivity index (χ0n) is 13.2. The zero-order chi connectivity index (χ0) is 14.0. The van der Waals surface area contributed by atoms with Crippen LogP contribution in [0.4, 0.5) is 0 Å². The van der Waals surface area contributed by atoms with E-state index in [1.54, 1.807) is 0 Å². The van der Waals surface area contributed by atoms with Crippen LogP contribution in [0.3, 0.4) is 0 Å². The number of rotatable bonds is 1. The van der Waals surface area contributed by atoms with Crippen LogP contribution in [0.15, 0.2) is 0 Å². The van der Waals surface area contributed by atoms with Gasteiger partial charge in [0.1, 0.15) is 0 Å². The number of fused-ring (bicyclic) bond motifs is 1. The van der Waals surface area contributed by atoms with Crippen LogP contribution in [0.1, 0.15) is 71.7 Å². The van der Waals surface area contributed by atoms with Gasteiger partial charge in [-0.2, -0.15) is 0 Å². The van der Waals surface area contributed by atoms with Crippen molar-refractivity contribution in [2.75, 3.05) is 0 Å². The first-order valence-electron chi connectivity index (χ1n) is 7.68. The summed E-state index contributed by atoms with van der Waals surface area (Å²) in [7, 11) is 2.01. The number of hydrogen-bond donors (Lipinski definition) is 0. The Kier molecular flexibility index (Phi) is 9.62. The molecule has 1 aromatic rings. The van der Waals surface area contributed by atoms with Crippen molar-refractivity contribution in [2.24, 2.45) is 13.0 Å². The molecular weight excluding hydrogens is 222 g/mol. The molecule has 0 saturated heterocycles. The lowest BCUT2D eigenvalue weighted by molar-refractivity contribution is 0.409. The van der Waals surface area contributed by atoms with Crippen LogP contribution in [0, 0.1) is 5.92 Å². The summed E-state index contributed by atoms with van der Waals surface area (Å²) in [5, 5.41) is 8.32. The Morgan fingerprint density at radius 2 is 1.78 bits per heavy atom. The molecule has 0 radical (unpaired) electrons. The Labute approximate surface area is 113 Å². The average Bonchev–Trinajstić information content (AvgIpc) is 2.75. The molecule has 18 heavy (non-hydrogen) atoms. The highest BCUT2D eigenvalue weighted by Crippen LogP contribution is 2.23. The summed E-state index contributed by atoms with van der Waals surface area (Å²) >= 11 is 0. The second-order valence-corrected chi connectivity index (χ2v) is 4.31. The minimum atomic E-state index is 0.915. The van der Waals surface area contributed by atoms with Crippen LogP contribution in [0.5, 0.6) is 0 Å². The monoisotopic (exact) mass is 253 g/mol. The molecule has 0 aromatic carbocycles. The summed E-state index contributed by atoms with van der Waals surface area (Å²) in [6.07, 6.45) is 7.57. The van der Waals surface area contributed by atoms with Crippen molar-refractivity contribution in [1.82, 2.24) is 15.0 Å². The predicted octanol–water partition coefficient (Wildman–Crippen LogP) is 4.16. The number of hydrogen-bond acceptors (Lipinski definition) is 2. The third kappa shape index (κ3) is 4.79. The first kappa shape index (κ1) is 17.1. The second kappa shape index (κ2) is 10.1. The lowest BCUT2D eigenvalue weighted by atomic mass is 9.90. The first-order chi connectivity index (χ1) is 8.81. The van der Waals surface area contributed by atoms with Crippen LogP contribution in [-0.4, -0.2) is 15.0 Å². The predicted molar refractivity (Wildman–Crippen MR) is 78.7 cm³/mol. The van der Waals surface area contributed by atoms with Gasteiger partial charge in [0.2, 0.25) is 0 Å². The number of aryl methyl sites for hydroxylation is 2. The van der Waals surface area contributed by atoms with Gasteiger partial charge < -0.3 is 0 Å². The van der Waals surface area contributed by atoms with E-state index >= 15 is 0 Å². The van der Waals surface area contributed by atoms with Crippen LogP contribution in [-0.2, 0) is 19.9 Å². The van der Waals surface area contributed by atoms with Gasteiger partial charge in [0.15, 0.2) is 0 Å². The van der Waals surface area contributed by atoms with Crippen LogP contribution in [0.25, 0.3) is 0 Å². The Hall–Kier alpha value is -0.860. The summed E-state index contributed by atoms with van der Waals surface area (Å²) < 4.78 is 1.95. The summed E-state index contributed by atoms with van der Waals surface area (Å²) in [5.41, 5.74) is 2.60. The Morgan fingerprint density at radius 1 is 1.11 bits per heavy atom. The number of aromatic nitrogens is 3. The van der Waals surface area contributed by atoms with Gasteiger partial charge >= 0.3 is 0 Å². The van der Waals surface area contributed by atoms with Gasteiger partial charge in [0, 0.05) is 7.05 Å². The fraction of sp³-hybridized carbons (Fsp3) is 0.867. The minimum Gasteiger partial charge on any atom is -0.252 e. The second-order valence-electron chi connectivity index (χ2n) is 4.31. The highest BCUT2D eigenvalue weighted by atomic mass is 15.4. The Morgan fingerprint density at radius 3 is 2.39 bits per heavy atom. The number of nitrogens with zero attached hydrogens (tertiary/aromatic N) is 3. The molecular formula is C15H31N3. The van der Waals surface area contributed by atoms with Gasteiger partial charge in [-0.25, -0.2) is 0 Å². The minimum absolute atomic E-state index is 0.915. The molecule has 0 bridgehead atoms. The third-order valence-electron chi connectivity index (χ3n) is 3.42. The summed E-state index contributed by atoms with van der Waals surface area (Å²) in [5.74, 6) is 0.915. The molecule has 0 aliphatic heterocycles. The van der Waals surface area contributed by atoms with E-state index in [4.69, 9.17) is 0 Å². The quantitative estimate of drug-likeness (QED) is 0.752. The van der Waals surface area contributed by atoms with Crippen LogP contribution in [0.2, 0.25) is 0 Å². The molecule has 0 spiro atoms. The SMILES string of the molecule is CC.CC.CCC1CCCc2nnn(C)c2CC1. The smallest absolute Gasteiger partial charge is 0.0859 e. The van der Waals surface area contributed by atoms with Crippen molar-refractivity contribution in [3.8, 4) is 0 Å². The maximum Gasteiger partial charge on any atom is 0.0859 e. The molecule has 0 amide bonds. The maximum atomic E-state index is 4.22. The van der Waals surface area contributed by atoms with Gasteiger partial charge in [0.05, 0.1) is 11.4 Å². The lowest BCUT2D eigenvalue weighted by Gasteiger charge is -2.17. The van der Waals surface area contributed by atoms with E-state index in [0.717, 1.165) is 18.8 Å². The highest BCUT2D eigenvalue weighted by Gasteiger charge is 2.16. The normalized spacial score (nSPS) is 18.2. The molecule has 3 heteroatoms. The first-order valence-corrected chi connectivity index (χ1v) is 7.68. The van der Waals surface area contributed by atoms with E-state index in [1.807, 2.05) is 39.4 Å². The summed E-state index contributed by atoms with van der Waals surface area (Å²) in [4.78, 5) is 0. The fourth-order valence-electron chi connectivity index (χ4n) is 2.37. The molecule has 1 atom stereocenters. The molecule has 1 aliphatic carbocycles. The van der Waals surface area contributed by atoms with Gasteiger partial charge in [-0.3, -0.25) is 4.68 Å². The van der Waals surface area contributed by atoms with Gasteiger partial charge in [0.25, 0.3) is 0 Å². The third-order valence-corrected chi connectivity index (χ3v) is 3.42. The van der Waals surface area contributed by atoms with Crippen molar-refractivity contribution >= 4 is 0 Å². The van der Waals surface area contributed by atoms with Crippen LogP contribution < -0.4 is 0 Å². The summed E-state index contributed by atoms with van der Waals surface area (Å²) in [6, 6.07) is 0. The molecule has 0 fully saturated rings. The molecule has 1 aliphatic rings. The molecule has 0 saturated carbocycles. The van der Waals surface area contributed by atoms with Gasteiger partial charge in [-0.05, 0) is 31.6 Å². The molecule has 2 rings (SSSR count). The molecule has 0 N–H and O–H groups in total. The van der Waals surface area contributed by atoms with E-state index in [9.17, 15) is 0 Å². The van der Waals surface area contributed by atoms with E-state index in [-0.39, 0.29) is 0 Å². The maximum absolute atomic E-state index is 4.22. The average molecular weight is 253 g/mol. The zero-order valence-corrected chi connectivity index (χ0v) is 13.2. The molecule has 3 nitrogen and oxygen atoms in total.